The third kappa shape index (κ3) is 5.84. The molecule has 1 aromatic heterocycles. The summed E-state index contributed by atoms with van der Waals surface area (Å²) >= 11 is 5.83. The fraction of sp³-hybridized carbons (Fsp3) is 0.227. The summed E-state index contributed by atoms with van der Waals surface area (Å²) < 4.78 is 10.8. The first-order valence-corrected chi connectivity index (χ1v) is 9.88. The lowest BCUT2D eigenvalue weighted by atomic mass is 10.2. The van der Waals surface area contributed by atoms with Crippen LogP contribution < -0.4 is 15.4 Å². The van der Waals surface area contributed by atoms with Gasteiger partial charge in [0, 0.05) is 28.4 Å². The number of nitrogens with zero attached hydrogens (tertiary/aromatic N) is 1. The van der Waals surface area contributed by atoms with E-state index in [1.54, 1.807) is 54.6 Å². The largest absolute Gasteiger partial charge is 0.486 e. The molecule has 156 valence electrons. The van der Waals surface area contributed by atoms with E-state index in [1.807, 2.05) is 13.8 Å². The summed E-state index contributed by atoms with van der Waals surface area (Å²) in [5, 5.41) is 9.98. The van der Waals surface area contributed by atoms with Gasteiger partial charge in [-0.05, 0) is 61.9 Å². The molecule has 0 saturated carbocycles. The van der Waals surface area contributed by atoms with Gasteiger partial charge in [-0.15, -0.1) is 0 Å². The third-order valence-electron chi connectivity index (χ3n) is 4.38. The average Bonchev–Trinajstić information content (AvgIpc) is 3.23. The van der Waals surface area contributed by atoms with Crippen molar-refractivity contribution in [3.8, 4) is 5.75 Å². The van der Waals surface area contributed by atoms with Crippen LogP contribution in [0.2, 0.25) is 5.02 Å². The molecule has 1 heterocycles. The second-order valence-electron chi connectivity index (χ2n) is 6.74. The average molecular weight is 428 g/mol. The lowest BCUT2D eigenvalue weighted by molar-refractivity contribution is 0.0929. The molecule has 0 aliphatic heterocycles. The molecule has 30 heavy (non-hydrogen) atoms. The molecule has 0 aliphatic rings. The van der Waals surface area contributed by atoms with Crippen LogP contribution in [0.1, 0.15) is 46.9 Å². The Labute approximate surface area is 179 Å². The zero-order valence-corrected chi connectivity index (χ0v) is 17.4. The van der Waals surface area contributed by atoms with E-state index in [2.05, 4.69) is 15.8 Å². The topological polar surface area (TPSA) is 93.5 Å². The highest BCUT2D eigenvalue weighted by molar-refractivity contribution is 6.30. The quantitative estimate of drug-likeness (QED) is 0.544. The first-order valence-electron chi connectivity index (χ1n) is 9.51. The number of carbonyl (C=O) groups is 2. The minimum absolute atomic E-state index is 0.0626. The van der Waals surface area contributed by atoms with Crippen molar-refractivity contribution in [3.05, 3.63) is 76.6 Å². The van der Waals surface area contributed by atoms with Crippen molar-refractivity contribution in [2.75, 3.05) is 5.32 Å². The Hall–Kier alpha value is -3.32. The molecule has 0 spiro atoms. The number of aromatic nitrogens is 1. The molecule has 0 aliphatic carbocycles. The lowest BCUT2D eigenvalue weighted by Crippen LogP contribution is -2.32. The summed E-state index contributed by atoms with van der Waals surface area (Å²) in [6, 6.07) is 15.2. The van der Waals surface area contributed by atoms with Crippen molar-refractivity contribution >= 4 is 29.1 Å². The highest BCUT2D eigenvalue weighted by atomic mass is 35.5. The molecule has 0 unspecified atom stereocenters. The van der Waals surface area contributed by atoms with Crippen molar-refractivity contribution in [2.45, 2.75) is 32.9 Å². The zero-order valence-electron chi connectivity index (χ0n) is 16.6. The van der Waals surface area contributed by atoms with E-state index in [0.29, 0.717) is 27.8 Å². The van der Waals surface area contributed by atoms with Gasteiger partial charge < -0.3 is 19.9 Å². The highest BCUT2D eigenvalue weighted by Crippen LogP contribution is 2.18. The van der Waals surface area contributed by atoms with Gasteiger partial charge in [-0.3, -0.25) is 9.59 Å². The Bertz CT molecular complexity index is 1000. The van der Waals surface area contributed by atoms with E-state index in [0.717, 1.165) is 6.42 Å². The number of halogens is 1. The van der Waals surface area contributed by atoms with Crippen LogP contribution in [0.4, 0.5) is 5.69 Å². The number of ether oxygens (including phenoxy) is 1. The van der Waals surface area contributed by atoms with Crippen molar-refractivity contribution in [3.63, 3.8) is 0 Å². The normalized spacial score (nSPS) is 11.6. The molecule has 2 aromatic carbocycles. The summed E-state index contributed by atoms with van der Waals surface area (Å²) in [6.45, 7) is 4.03. The van der Waals surface area contributed by atoms with Crippen LogP contribution in [0.3, 0.4) is 0 Å². The molecular formula is C22H22ClN3O4. The van der Waals surface area contributed by atoms with Gasteiger partial charge in [-0.1, -0.05) is 23.7 Å². The smallest absolute Gasteiger partial charge is 0.273 e. The fourth-order valence-electron chi connectivity index (χ4n) is 2.48. The van der Waals surface area contributed by atoms with Gasteiger partial charge in [0.2, 0.25) is 0 Å². The highest BCUT2D eigenvalue weighted by Gasteiger charge is 2.14. The first kappa shape index (κ1) is 21.4. The van der Waals surface area contributed by atoms with Crippen LogP contribution in [0.15, 0.2) is 59.1 Å². The summed E-state index contributed by atoms with van der Waals surface area (Å²) in [7, 11) is 0. The SMILES string of the molecule is CC[C@@H](C)NC(=O)c1cc(COc2ccc(NC(=O)c3ccc(Cl)cc3)cc2)on1. The predicted octanol–water partition coefficient (Wildman–Crippen LogP) is 4.69. The summed E-state index contributed by atoms with van der Waals surface area (Å²) in [6.07, 6.45) is 0.829. The van der Waals surface area contributed by atoms with E-state index >= 15 is 0 Å². The van der Waals surface area contributed by atoms with Gasteiger partial charge in [0.15, 0.2) is 11.5 Å². The monoisotopic (exact) mass is 427 g/mol. The molecule has 0 radical (unpaired) electrons. The third-order valence-corrected chi connectivity index (χ3v) is 4.63. The Kier molecular flexibility index (Phi) is 7.08. The van der Waals surface area contributed by atoms with Crippen molar-refractivity contribution in [2.24, 2.45) is 0 Å². The molecule has 3 rings (SSSR count). The second-order valence-corrected chi connectivity index (χ2v) is 7.17. The number of hydrogen-bond acceptors (Lipinski definition) is 5. The van der Waals surface area contributed by atoms with Gasteiger partial charge >= 0.3 is 0 Å². The van der Waals surface area contributed by atoms with Crippen LogP contribution >= 0.6 is 11.6 Å². The van der Waals surface area contributed by atoms with E-state index in [-0.39, 0.29) is 30.2 Å². The Balaban J connectivity index is 1.52. The second kappa shape index (κ2) is 9.93. The molecule has 2 N–H and O–H groups in total. The first-order chi connectivity index (χ1) is 14.4. The molecule has 0 fully saturated rings. The molecule has 8 heteroatoms. The van der Waals surface area contributed by atoms with Gasteiger partial charge in [0.1, 0.15) is 12.4 Å². The predicted molar refractivity (Wildman–Crippen MR) is 114 cm³/mol. The van der Waals surface area contributed by atoms with Crippen LogP contribution in [-0.2, 0) is 6.61 Å². The van der Waals surface area contributed by atoms with E-state index < -0.39 is 0 Å². The van der Waals surface area contributed by atoms with Crippen LogP contribution in [0, 0.1) is 0 Å². The molecule has 7 nitrogen and oxygen atoms in total. The maximum absolute atomic E-state index is 12.2. The number of amides is 2. The van der Waals surface area contributed by atoms with Crippen LogP contribution in [0.25, 0.3) is 0 Å². The number of nitrogens with one attached hydrogen (secondary N) is 2. The Morgan fingerprint density at radius 3 is 2.47 bits per heavy atom. The molecular weight excluding hydrogens is 406 g/mol. The number of anilines is 1. The van der Waals surface area contributed by atoms with Crippen molar-refractivity contribution < 1.29 is 18.8 Å². The number of hydrogen-bond donors (Lipinski definition) is 2. The van der Waals surface area contributed by atoms with E-state index in [9.17, 15) is 9.59 Å². The molecule has 1 atom stereocenters. The van der Waals surface area contributed by atoms with Gasteiger partial charge in [-0.25, -0.2) is 0 Å². The minimum atomic E-state index is -0.278. The van der Waals surface area contributed by atoms with Crippen molar-refractivity contribution in [1.29, 1.82) is 0 Å². The maximum atomic E-state index is 12.2. The van der Waals surface area contributed by atoms with Crippen molar-refractivity contribution in [1.82, 2.24) is 10.5 Å². The molecule has 3 aromatic rings. The number of carbonyl (C=O) groups excluding carboxylic acids is 2. The van der Waals surface area contributed by atoms with E-state index in [1.165, 1.54) is 0 Å². The molecule has 0 bridgehead atoms. The fourth-order valence-corrected chi connectivity index (χ4v) is 2.61. The summed E-state index contributed by atoms with van der Waals surface area (Å²) in [5.41, 5.74) is 1.36. The molecule has 0 saturated heterocycles. The minimum Gasteiger partial charge on any atom is -0.486 e. The lowest BCUT2D eigenvalue weighted by Gasteiger charge is -2.08. The zero-order chi connectivity index (χ0) is 21.5. The number of rotatable bonds is 8. The van der Waals surface area contributed by atoms with E-state index in [4.69, 9.17) is 20.9 Å². The number of benzene rings is 2. The summed E-state index contributed by atoms with van der Waals surface area (Å²) in [5.74, 6) is 0.510. The van der Waals surface area contributed by atoms with Crippen LogP contribution in [-0.4, -0.2) is 23.0 Å². The van der Waals surface area contributed by atoms with Gasteiger partial charge in [0.05, 0.1) is 0 Å². The van der Waals surface area contributed by atoms with Gasteiger partial charge in [0.25, 0.3) is 11.8 Å². The van der Waals surface area contributed by atoms with Gasteiger partial charge in [-0.2, -0.15) is 0 Å². The van der Waals surface area contributed by atoms with Crippen LogP contribution in [0.5, 0.6) is 5.75 Å². The summed E-state index contributed by atoms with van der Waals surface area (Å²) in [4.78, 5) is 24.3. The maximum Gasteiger partial charge on any atom is 0.273 e. The molecule has 2 amide bonds. The Morgan fingerprint density at radius 1 is 1.10 bits per heavy atom. The standard InChI is InChI=1S/C22H22ClN3O4/c1-3-14(2)24-22(28)20-12-19(30-26-20)13-29-18-10-8-17(9-11-18)25-21(27)15-4-6-16(23)7-5-15/h4-12,14H,3,13H2,1-2H3,(H,24,28)(H,25,27)/t14-/m1/s1. The Morgan fingerprint density at radius 2 is 1.80 bits per heavy atom.